The number of aromatic nitrogens is 4. The Balaban J connectivity index is 1.51. The van der Waals surface area contributed by atoms with Crippen molar-refractivity contribution in [3.8, 4) is 5.75 Å². The van der Waals surface area contributed by atoms with Crippen molar-refractivity contribution < 1.29 is 14.3 Å². The summed E-state index contributed by atoms with van der Waals surface area (Å²) in [5, 5.41) is 17.3. The molecule has 2 heterocycles. The summed E-state index contributed by atoms with van der Waals surface area (Å²) in [4.78, 5) is 35.4. The molecule has 2 N–H and O–H groups in total. The van der Waals surface area contributed by atoms with Crippen LogP contribution in [0, 0.1) is 23.2 Å². The summed E-state index contributed by atoms with van der Waals surface area (Å²) >= 11 is 13.5. The number of tetrazole rings is 1. The SMILES string of the molecule is CC(C)CCCOc1cc(C2=NC3(CC(C)CC(C)C3)N([C@H](CCC(C)(C)C)c3ccc(C(=O)NCc4nn[nH]n4)cc3)C2=O)c(Cl)cc1Cl. The minimum atomic E-state index is -0.742. The average molecular weight is 725 g/mol. The minimum absolute atomic E-state index is 0.0291. The summed E-state index contributed by atoms with van der Waals surface area (Å²) in [5.41, 5.74) is 1.62. The zero-order valence-corrected chi connectivity index (χ0v) is 31.9. The standard InChI is InChI=1S/C38H51Cl2N7O3/c1-23(2)9-8-16-50-32-18-28(29(39)19-30(32)40)34-36(49)47(38(42-34)20-24(3)17-25(4)21-38)31(14-15-37(5,6)7)26-10-12-27(13-11-26)35(48)41-22-33-43-45-46-44-33/h10-13,18-19,23-25,31H,8-9,14-17,20-22H2,1-7H3,(H,41,48)(H,43,44,45,46)/t24?,25?,31-,38?/m1/s1. The normalized spacial score (nSPS) is 21.5. The van der Waals surface area contributed by atoms with E-state index >= 15 is 0 Å². The first-order valence-corrected chi connectivity index (χ1v) is 18.6. The topological polar surface area (TPSA) is 125 Å². The van der Waals surface area contributed by atoms with Crippen molar-refractivity contribution >= 4 is 40.7 Å². The lowest BCUT2D eigenvalue weighted by atomic mass is 9.75. The first-order chi connectivity index (χ1) is 23.7. The molecule has 1 spiro atoms. The molecule has 1 saturated carbocycles. The number of aliphatic imine (C=N–C) groups is 1. The summed E-state index contributed by atoms with van der Waals surface area (Å²) < 4.78 is 6.12. The molecule has 2 amide bonds. The molecule has 3 atom stereocenters. The third-order valence-electron chi connectivity index (χ3n) is 9.64. The summed E-state index contributed by atoms with van der Waals surface area (Å²) in [6.45, 7) is 16.2. The van der Waals surface area contributed by atoms with E-state index in [0.29, 0.717) is 62.8 Å². The van der Waals surface area contributed by atoms with E-state index in [-0.39, 0.29) is 29.8 Å². The quantitative estimate of drug-likeness (QED) is 0.170. The van der Waals surface area contributed by atoms with Crippen LogP contribution < -0.4 is 10.1 Å². The largest absolute Gasteiger partial charge is 0.492 e. The van der Waals surface area contributed by atoms with Crippen molar-refractivity contribution in [1.29, 1.82) is 0 Å². The van der Waals surface area contributed by atoms with Gasteiger partial charge in [0.2, 0.25) is 0 Å². The molecule has 12 heteroatoms. The molecular weight excluding hydrogens is 673 g/mol. The van der Waals surface area contributed by atoms with Crippen LogP contribution in [0.3, 0.4) is 0 Å². The van der Waals surface area contributed by atoms with Crippen LogP contribution in [0.15, 0.2) is 41.4 Å². The molecule has 0 bridgehead atoms. The van der Waals surface area contributed by atoms with Gasteiger partial charge in [0.15, 0.2) is 5.82 Å². The monoisotopic (exact) mass is 723 g/mol. The molecule has 270 valence electrons. The van der Waals surface area contributed by atoms with Gasteiger partial charge in [-0.2, -0.15) is 5.21 Å². The number of rotatable bonds is 13. The summed E-state index contributed by atoms with van der Waals surface area (Å²) in [7, 11) is 0. The Morgan fingerprint density at radius 1 is 1.08 bits per heavy atom. The van der Waals surface area contributed by atoms with E-state index in [1.807, 2.05) is 29.2 Å². The van der Waals surface area contributed by atoms with E-state index < -0.39 is 5.66 Å². The van der Waals surface area contributed by atoms with Crippen LogP contribution in [0.5, 0.6) is 5.75 Å². The highest BCUT2D eigenvalue weighted by Gasteiger charge is 2.53. The van der Waals surface area contributed by atoms with Crippen LogP contribution in [0.4, 0.5) is 0 Å². The number of nitrogens with one attached hydrogen (secondary N) is 2. The number of hydrogen-bond donors (Lipinski definition) is 2. The molecular formula is C38H51Cl2N7O3. The molecule has 50 heavy (non-hydrogen) atoms. The molecule has 1 aliphatic heterocycles. The number of halogens is 2. The zero-order valence-electron chi connectivity index (χ0n) is 30.4. The van der Waals surface area contributed by atoms with Gasteiger partial charge in [0, 0.05) is 11.1 Å². The van der Waals surface area contributed by atoms with E-state index in [9.17, 15) is 9.59 Å². The Bertz CT molecular complexity index is 1660. The maximum atomic E-state index is 15.0. The number of ether oxygens (including phenoxy) is 1. The fourth-order valence-corrected chi connectivity index (χ4v) is 7.97. The Kier molecular flexibility index (Phi) is 11.9. The number of amides is 2. The van der Waals surface area contributed by atoms with Gasteiger partial charge < -0.3 is 15.0 Å². The maximum Gasteiger partial charge on any atom is 0.275 e. The molecule has 1 aliphatic carbocycles. The molecule has 0 radical (unpaired) electrons. The molecule has 0 saturated heterocycles. The third-order valence-corrected chi connectivity index (χ3v) is 10.2. The molecule has 10 nitrogen and oxygen atoms in total. The predicted molar refractivity (Wildman–Crippen MR) is 198 cm³/mol. The lowest BCUT2D eigenvalue weighted by Crippen LogP contribution is -2.52. The van der Waals surface area contributed by atoms with Crippen LogP contribution in [0.1, 0.15) is 127 Å². The number of aromatic amines is 1. The van der Waals surface area contributed by atoms with Crippen molar-refractivity contribution in [2.45, 2.75) is 112 Å². The highest BCUT2D eigenvalue weighted by molar-refractivity contribution is 6.50. The van der Waals surface area contributed by atoms with Gasteiger partial charge in [-0.05, 0) is 97.9 Å². The van der Waals surface area contributed by atoms with Crippen LogP contribution >= 0.6 is 23.2 Å². The van der Waals surface area contributed by atoms with Gasteiger partial charge in [-0.1, -0.05) is 89.0 Å². The van der Waals surface area contributed by atoms with Crippen LogP contribution in [0.2, 0.25) is 10.0 Å². The zero-order chi connectivity index (χ0) is 36.2. The molecule has 1 aromatic heterocycles. The Labute approximate surface area is 306 Å². The number of H-pyrrole nitrogens is 1. The first kappa shape index (κ1) is 37.7. The van der Waals surface area contributed by atoms with Crippen molar-refractivity contribution in [3.05, 3.63) is 69.0 Å². The number of hydrogen-bond acceptors (Lipinski definition) is 7. The fraction of sp³-hybridized carbons (Fsp3) is 0.579. The number of benzene rings is 2. The maximum absolute atomic E-state index is 15.0. The average Bonchev–Trinajstić information content (AvgIpc) is 3.65. The van der Waals surface area contributed by atoms with E-state index in [1.54, 1.807) is 12.1 Å². The van der Waals surface area contributed by atoms with E-state index in [1.165, 1.54) is 0 Å². The van der Waals surface area contributed by atoms with Crippen molar-refractivity contribution in [2.24, 2.45) is 28.2 Å². The molecule has 2 aromatic carbocycles. The first-order valence-electron chi connectivity index (χ1n) is 17.8. The van der Waals surface area contributed by atoms with Gasteiger partial charge in [-0.15, -0.1) is 10.2 Å². The van der Waals surface area contributed by atoms with E-state index in [4.69, 9.17) is 32.9 Å². The second-order valence-electron chi connectivity index (χ2n) is 15.9. The predicted octanol–water partition coefficient (Wildman–Crippen LogP) is 8.60. The van der Waals surface area contributed by atoms with Crippen LogP contribution in [0.25, 0.3) is 0 Å². The van der Waals surface area contributed by atoms with Gasteiger partial charge >= 0.3 is 0 Å². The number of nitrogens with zero attached hydrogens (tertiary/aromatic N) is 5. The lowest BCUT2D eigenvalue weighted by Gasteiger charge is -2.47. The molecule has 5 rings (SSSR count). The molecule has 3 aromatic rings. The Hall–Kier alpha value is -3.50. The van der Waals surface area contributed by atoms with Gasteiger partial charge in [-0.3, -0.25) is 14.6 Å². The van der Waals surface area contributed by atoms with Crippen LogP contribution in [-0.2, 0) is 11.3 Å². The fourth-order valence-electron chi connectivity index (χ4n) is 7.45. The second kappa shape index (κ2) is 15.8. The van der Waals surface area contributed by atoms with E-state index in [0.717, 1.165) is 50.5 Å². The van der Waals surface area contributed by atoms with E-state index in [2.05, 4.69) is 74.4 Å². The summed E-state index contributed by atoms with van der Waals surface area (Å²) in [6.07, 6.45) is 6.11. The minimum Gasteiger partial charge on any atom is -0.492 e. The highest BCUT2D eigenvalue weighted by atomic mass is 35.5. The molecule has 2 unspecified atom stereocenters. The third kappa shape index (κ3) is 9.04. The van der Waals surface area contributed by atoms with Crippen molar-refractivity contribution in [2.75, 3.05) is 6.61 Å². The highest BCUT2D eigenvalue weighted by Crippen LogP contribution is 2.50. The smallest absolute Gasteiger partial charge is 0.275 e. The summed E-state index contributed by atoms with van der Waals surface area (Å²) in [6, 6.07) is 10.7. The Morgan fingerprint density at radius 2 is 1.78 bits per heavy atom. The number of carbonyl (C=O) groups excluding carboxylic acids is 2. The summed E-state index contributed by atoms with van der Waals surface area (Å²) in [5.74, 6) is 1.80. The molecule has 2 aliphatic rings. The Morgan fingerprint density at radius 3 is 2.40 bits per heavy atom. The van der Waals surface area contributed by atoms with Gasteiger partial charge in [0.05, 0.1) is 29.2 Å². The molecule has 1 fully saturated rings. The lowest BCUT2D eigenvalue weighted by molar-refractivity contribution is -0.134. The number of carbonyl (C=O) groups is 2. The second-order valence-corrected chi connectivity index (χ2v) is 16.7. The van der Waals surface area contributed by atoms with Crippen molar-refractivity contribution in [1.82, 2.24) is 30.8 Å². The van der Waals surface area contributed by atoms with Gasteiger partial charge in [-0.25, -0.2) is 0 Å². The van der Waals surface area contributed by atoms with Crippen LogP contribution in [-0.4, -0.2) is 55.3 Å². The van der Waals surface area contributed by atoms with Gasteiger partial charge in [0.1, 0.15) is 17.1 Å². The van der Waals surface area contributed by atoms with Gasteiger partial charge in [0.25, 0.3) is 11.8 Å². The van der Waals surface area contributed by atoms with Crippen molar-refractivity contribution in [3.63, 3.8) is 0 Å².